The number of carbonyl (C=O) groups excluding carboxylic acids is 1. The van der Waals surface area contributed by atoms with Gasteiger partial charge in [-0.05, 0) is 36.8 Å². The molecule has 0 spiro atoms. The second-order valence-electron chi connectivity index (χ2n) is 6.46. The molecule has 1 atom stereocenters. The number of alkyl halides is 3. The molecule has 1 amide bonds. The molecule has 0 aliphatic carbocycles. The van der Waals surface area contributed by atoms with Crippen LogP contribution >= 0.6 is 12.2 Å². The topological polar surface area (TPSA) is 44.8 Å². The SMILES string of the molecule is CC1=C(C(=O)N2CCOCC2)[C@@H](c2ccc(C(F)(F)F)cc2)NC(=S)N1C. The van der Waals surface area contributed by atoms with Crippen LogP contribution in [0.4, 0.5) is 13.2 Å². The van der Waals surface area contributed by atoms with E-state index in [9.17, 15) is 18.0 Å². The second-order valence-corrected chi connectivity index (χ2v) is 6.85. The highest BCUT2D eigenvalue weighted by Gasteiger charge is 2.36. The molecule has 1 aromatic rings. The van der Waals surface area contributed by atoms with E-state index in [1.165, 1.54) is 12.1 Å². The van der Waals surface area contributed by atoms with Crippen LogP contribution in [-0.2, 0) is 15.7 Å². The van der Waals surface area contributed by atoms with Crippen molar-refractivity contribution in [2.45, 2.75) is 19.1 Å². The first-order chi connectivity index (χ1) is 12.7. The van der Waals surface area contributed by atoms with E-state index in [-0.39, 0.29) is 5.91 Å². The third-order valence-electron chi connectivity index (χ3n) is 4.85. The van der Waals surface area contributed by atoms with Crippen LogP contribution in [0.15, 0.2) is 35.5 Å². The second kappa shape index (κ2) is 7.47. The third-order valence-corrected chi connectivity index (χ3v) is 5.25. The molecule has 1 fully saturated rings. The number of rotatable bonds is 2. The Morgan fingerprint density at radius 3 is 2.37 bits per heavy atom. The van der Waals surface area contributed by atoms with Crippen LogP contribution in [0, 0.1) is 0 Å². The molecule has 0 saturated carbocycles. The van der Waals surface area contributed by atoms with Crippen LogP contribution in [-0.4, -0.2) is 54.2 Å². The van der Waals surface area contributed by atoms with Crippen molar-refractivity contribution >= 4 is 23.2 Å². The molecule has 1 N–H and O–H groups in total. The summed E-state index contributed by atoms with van der Waals surface area (Å²) in [6.07, 6.45) is -4.41. The molecular formula is C18H20F3N3O2S. The molecule has 146 valence electrons. The lowest BCUT2D eigenvalue weighted by Crippen LogP contribution is -2.50. The molecule has 9 heteroatoms. The van der Waals surface area contributed by atoms with Crippen LogP contribution in [0.25, 0.3) is 0 Å². The van der Waals surface area contributed by atoms with Gasteiger partial charge in [0.15, 0.2) is 5.11 Å². The van der Waals surface area contributed by atoms with Crippen molar-refractivity contribution in [2.75, 3.05) is 33.4 Å². The van der Waals surface area contributed by atoms with E-state index in [0.29, 0.717) is 48.2 Å². The highest BCUT2D eigenvalue weighted by molar-refractivity contribution is 7.80. The molecule has 0 bridgehead atoms. The van der Waals surface area contributed by atoms with Gasteiger partial charge in [-0.25, -0.2) is 0 Å². The lowest BCUT2D eigenvalue weighted by atomic mass is 9.93. The van der Waals surface area contributed by atoms with Gasteiger partial charge in [0.05, 0.1) is 30.4 Å². The summed E-state index contributed by atoms with van der Waals surface area (Å²) < 4.78 is 43.9. The maximum Gasteiger partial charge on any atom is 0.416 e. The molecule has 1 saturated heterocycles. The number of thiocarbonyl (C=S) groups is 1. The molecule has 2 aliphatic heterocycles. The van der Waals surface area contributed by atoms with Gasteiger partial charge in [-0.2, -0.15) is 13.2 Å². The number of amides is 1. The fourth-order valence-electron chi connectivity index (χ4n) is 3.16. The minimum absolute atomic E-state index is 0.164. The Kier molecular flexibility index (Phi) is 5.43. The molecule has 1 aromatic carbocycles. The van der Waals surface area contributed by atoms with E-state index >= 15 is 0 Å². The van der Waals surface area contributed by atoms with E-state index < -0.39 is 17.8 Å². The summed E-state index contributed by atoms with van der Waals surface area (Å²) in [6.45, 7) is 3.67. The van der Waals surface area contributed by atoms with Crippen LogP contribution in [0.1, 0.15) is 24.1 Å². The van der Waals surface area contributed by atoms with Crippen molar-refractivity contribution in [3.05, 3.63) is 46.7 Å². The first-order valence-electron chi connectivity index (χ1n) is 8.49. The molecule has 0 radical (unpaired) electrons. The smallest absolute Gasteiger partial charge is 0.378 e. The maximum absolute atomic E-state index is 13.1. The van der Waals surface area contributed by atoms with Gasteiger partial charge in [-0.3, -0.25) is 4.79 Å². The summed E-state index contributed by atoms with van der Waals surface area (Å²) >= 11 is 5.32. The average Bonchev–Trinajstić information content (AvgIpc) is 2.65. The number of benzene rings is 1. The van der Waals surface area contributed by atoms with Crippen molar-refractivity contribution in [3.8, 4) is 0 Å². The lowest BCUT2D eigenvalue weighted by molar-refractivity contribution is -0.137. The zero-order valence-electron chi connectivity index (χ0n) is 15.0. The molecule has 2 aliphatic rings. The van der Waals surface area contributed by atoms with E-state index in [2.05, 4.69) is 5.32 Å². The van der Waals surface area contributed by atoms with E-state index in [0.717, 1.165) is 12.1 Å². The Hall–Kier alpha value is -2.13. The van der Waals surface area contributed by atoms with Gasteiger partial charge < -0.3 is 19.9 Å². The summed E-state index contributed by atoms with van der Waals surface area (Å²) in [5, 5.41) is 3.49. The zero-order chi connectivity index (χ0) is 19.8. The van der Waals surface area contributed by atoms with Crippen LogP contribution in [0.2, 0.25) is 0 Å². The van der Waals surface area contributed by atoms with Gasteiger partial charge >= 0.3 is 6.18 Å². The highest BCUT2D eigenvalue weighted by Crippen LogP contribution is 2.34. The number of allylic oxidation sites excluding steroid dienone is 1. The van der Waals surface area contributed by atoms with Crippen LogP contribution < -0.4 is 5.32 Å². The number of morpholine rings is 1. The number of nitrogens with one attached hydrogen (secondary N) is 1. The van der Waals surface area contributed by atoms with Crippen molar-refractivity contribution < 1.29 is 22.7 Å². The minimum atomic E-state index is -4.41. The monoisotopic (exact) mass is 399 g/mol. The summed E-state index contributed by atoms with van der Waals surface area (Å²) in [6, 6.07) is 4.20. The number of nitrogens with zero attached hydrogens (tertiary/aromatic N) is 2. The molecule has 3 rings (SSSR count). The van der Waals surface area contributed by atoms with Crippen molar-refractivity contribution in [2.24, 2.45) is 0 Å². The molecule has 2 heterocycles. The average molecular weight is 399 g/mol. The fourth-order valence-corrected chi connectivity index (χ4v) is 3.42. The Morgan fingerprint density at radius 2 is 1.81 bits per heavy atom. The zero-order valence-corrected chi connectivity index (χ0v) is 15.8. The normalized spacial score (nSPS) is 21.4. The third kappa shape index (κ3) is 3.93. The van der Waals surface area contributed by atoms with Crippen LogP contribution in [0.5, 0.6) is 0 Å². The highest BCUT2D eigenvalue weighted by atomic mass is 32.1. The Balaban J connectivity index is 1.98. The van der Waals surface area contributed by atoms with E-state index in [4.69, 9.17) is 17.0 Å². The Bertz CT molecular complexity index is 771. The number of hydrogen-bond acceptors (Lipinski definition) is 3. The summed E-state index contributed by atoms with van der Waals surface area (Å²) in [5.74, 6) is -0.164. The van der Waals surface area contributed by atoms with Crippen LogP contribution in [0.3, 0.4) is 0 Å². The largest absolute Gasteiger partial charge is 0.416 e. The quantitative estimate of drug-likeness (QED) is 0.775. The van der Waals surface area contributed by atoms with Crippen molar-refractivity contribution in [3.63, 3.8) is 0 Å². The Morgan fingerprint density at radius 1 is 1.22 bits per heavy atom. The maximum atomic E-state index is 13.1. The van der Waals surface area contributed by atoms with Crippen molar-refractivity contribution in [1.29, 1.82) is 0 Å². The standard InChI is InChI=1S/C18H20F3N3O2S/c1-11-14(16(25)24-7-9-26-10-8-24)15(22-17(27)23(11)2)12-3-5-13(6-4-12)18(19,20)21/h3-6,15H,7-10H2,1-2H3,(H,22,27)/t15-/m1/s1. The number of ether oxygens (including phenoxy) is 1. The summed E-state index contributed by atoms with van der Waals surface area (Å²) in [7, 11) is 1.75. The fraction of sp³-hybridized carbons (Fsp3) is 0.444. The number of carbonyl (C=O) groups is 1. The van der Waals surface area contributed by atoms with Gasteiger partial charge in [-0.15, -0.1) is 0 Å². The first-order valence-corrected chi connectivity index (χ1v) is 8.90. The van der Waals surface area contributed by atoms with Gasteiger partial charge in [0, 0.05) is 25.8 Å². The van der Waals surface area contributed by atoms with Gasteiger partial charge in [0.1, 0.15) is 0 Å². The van der Waals surface area contributed by atoms with E-state index in [1.807, 2.05) is 0 Å². The molecule has 27 heavy (non-hydrogen) atoms. The summed E-state index contributed by atoms with van der Waals surface area (Å²) in [5.41, 5.74) is 0.978. The molecule has 5 nitrogen and oxygen atoms in total. The summed E-state index contributed by atoms with van der Waals surface area (Å²) in [4.78, 5) is 16.5. The molecule has 0 aromatic heterocycles. The van der Waals surface area contributed by atoms with E-state index in [1.54, 1.807) is 23.8 Å². The minimum Gasteiger partial charge on any atom is -0.378 e. The van der Waals surface area contributed by atoms with Gasteiger partial charge in [-0.1, -0.05) is 12.1 Å². The van der Waals surface area contributed by atoms with Gasteiger partial charge in [0.25, 0.3) is 5.91 Å². The number of halogens is 3. The number of hydrogen-bond donors (Lipinski definition) is 1. The van der Waals surface area contributed by atoms with Gasteiger partial charge in [0.2, 0.25) is 0 Å². The lowest BCUT2D eigenvalue weighted by Gasteiger charge is -2.38. The predicted molar refractivity (Wildman–Crippen MR) is 97.8 cm³/mol. The van der Waals surface area contributed by atoms with Crippen molar-refractivity contribution in [1.82, 2.24) is 15.1 Å². The first kappa shape index (κ1) is 19.6. The molecule has 0 unspecified atom stereocenters. The predicted octanol–water partition coefficient (Wildman–Crippen LogP) is 2.70. The Labute approximate surface area is 160 Å². The molecular weight excluding hydrogens is 379 g/mol.